The van der Waals surface area contributed by atoms with Gasteiger partial charge in [-0.25, -0.2) is 0 Å². The molecule has 0 atom stereocenters. The Morgan fingerprint density at radius 2 is 2.33 bits per heavy atom. The van der Waals surface area contributed by atoms with E-state index in [9.17, 15) is 0 Å². The predicted octanol–water partition coefficient (Wildman–Crippen LogP) is 1.49. The average Bonchev–Trinajstić information content (AvgIpc) is 1.97. The topological polar surface area (TPSA) is 37.1 Å². The maximum absolute atomic E-state index is 5.73. The summed E-state index contributed by atoms with van der Waals surface area (Å²) in [6.45, 7) is 3.64. The molecule has 62 valence electrons. The van der Waals surface area contributed by atoms with Crippen LogP contribution in [-0.4, -0.2) is 20.7 Å². The Balaban J connectivity index is 3.05. The molecular formula is C6H3Cl2N3W. The van der Waals surface area contributed by atoms with Gasteiger partial charge in [-0.05, 0) is 0 Å². The van der Waals surface area contributed by atoms with Gasteiger partial charge in [-0.2, -0.15) is 0 Å². The number of allylic oxidation sites excluding steroid dienone is 1. The van der Waals surface area contributed by atoms with E-state index in [1.54, 1.807) is 0 Å². The summed E-state index contributed by atoms with van der Waals surface area (Å²) in [5, 5.41) is 0.273. The van der Waals surface area contributed by atoms with E-state index in [0.29, 0.717) is 14.9 Å². The molecule has 12 heavy (non-hydrogen) atoms. The van der Waals surface area contributed by atoms with Gasteiger partial charge >= 0.3 is 90.5 Å². The first kappa shape index (κ1) is 9.97. The first-order valence-electron chi connectivity index (χ1n) is 2.85. The van der Waals surface area contributed by atoms with Crippen molar-refractivity contribution in [1.29, 1.82) is 0 Å². The average molecular weight is 372 g/mol. The van der Waals surface area contributed by atoms with E-state index < -0.39 is 0 Å². The summed E-state index contributed by atoms with van der Waals surface area (Å²) < 4.78 is 0.455. The molecule has 0 saturated heterocycles. The molecule has 0 unspecified atom stereocenters. The van der Waals surface area contributed by atoms with Gasteiger partial charge in [-0.15, -0.1) is 0 Å². The molecular weight excluding hydrogens is 369 g/mol. The van der Waals surface area contributed by atoms with Crippen molar-refractivity contribution in [1.82, 2.24) is 0 Å². The van der Waals surface area contributed by atoms with Crippen LogP contribution in [0.1, 0.15) is 0 Å². The van der Waals surface area contributed by atoms with Crippen molar-refractivity contribution in [2.45, 2.75) is 0 Å². The molecule has 0 aromatic heterocycles. The molecule has 0 aromatic carbocycles. The number of hydrogen-bond donors (Lipinski definition) is 0. The van der Waals surface area contributed by atoms with E-state index in [4.69, 9.17) is 23.2 Å². The van der Waals surface area contributed by atoms with Gasteiger partial charge in [-0.1, -0.05) is 0 Å². The summed E-state index contributed by atoms with van der Waals surface area (Å²) >= 11 is 12.4. The van der Waals surface area contributed by atoms with Crippen LogP contribution < -0.4 is 0 Å². The van der Waals surface area contributed by atoms with Crippen LogP contribution >= 0.6 is 23.2 Å². The maximum atomic E-state index is 5.73. The molecule has 1 heterocycles. The number of rotatable bonds is 1. The van der Waals surface area contributed by atoms with Crippen LogP contribution in [0.3, 0.4) is 0 Å². The molecule has 0 aliphatic carbocycles. The summed E-state index contributed by atoms with van der Waals surface area (Å²) in [4.78, 5) is 11.5. The van der Waals surface area contributed by atoms with Gasteiger partial charge in [0.05, 0.1) is 0 Å². The Morgan fingerprint density at radius 1 is 1.67 bits per heavy atom. The van der Waals surface area contributed by atoms with Crippen LogP contribution in [0.25, 0.3) is 0 Å². The minimum absolute atomic E-state index is 0.273. The van der Waals surface area contributed by atoms with E-state index in [1.165, 1.54) is 6.34 Å². The third-order valence-corrected chi connectivity index (χ3v) is 1.74. The molecule has 0 bridgehead atoms. The third kappa shape index (κ3) is 2.44. The second-order valence-electron chi connectivity index (χ2n) is 1.82. The van der Waals surface area contributed by atoms with Crippen molar-refractivity contribution < 1.29 is 19.4 Å². The molecule has 1 aliphatic heterocycles. The van der Waals surface area contributed by atoms with E-state index >= 15 is 0 Å². The van der Waals surface area contributed by atoms with Gasteiger partial charge in [-0.3, -0.25) is 0 Å². The Morgan fingerprint density at radius 3 is 2.83 bits per heavy atom. The van der Waals surface area contributed by atoms with Crippen LogP contribution in [0.5, 0.6) is 0 Å². The van der Waals surface area contributed by atoms with Gasteiger partial charge in [0, 0.05) is 0 Å². The number of hydrogen-bond acceptors (Lipinski definition) is 3. The molecule has 0 N–H and O–H groups in total. The number of nitrogens with zero attached hydrogens (tertiary/aromatic N) is 3. The SMILES string of the molecule is C=C1N=CN=C(Cl)/C1=N/[C](Cl)=[W]. The molecule has 1 rings (SSSR count). The summed E-state index contributed by atoms with van der Waals surface area (Å²) in [6, 6.07) is 0. The third-order valence-electron chi connectivity index (χ3n) is 1.05. The van der Waals surface area contributed by atoms with Crippen LogP contribution in [-0.2, 0) is 19.4 Å². The van der Waals surface area contributed by atoms with E-state index in [0.717, 1.165) is 19.4 Å². The fraction of sp³-hybridized carbons (Fsp3) is 0. The number of halogens is 2. The second-order valence-corrected chi connectivity index (χ2v) is 4.82. The van der Waals surface area contributed by atoms with Crippen LogP contribution in [0.4, 0.5) is 0 Å². The van der Waals surface area contributed by atoms with Crippen molar-refractivity contribution in [3.05, 3.63) is 12.3 Å². The van der Waals surface area contributed by atoms with Crippen molar-refractivity contribution in [3.8, 4) is 0 Å². The monoisotopic (exact) mass is 371 g/mol. The second kappa shape index (κ2) is 4.22. The van der Waals surface area contributed by atoms with Gasteiger partial charge in [0.1, 0.15) is 0 Å². The molecule has 0 aromatic rings. The van der Waals surface area contributed by atoms with Crippen LogP contribution in [0.2, 0.25) is 0 Å². The molecule has 0 radical (unpaired) electrons. The van der Waals surface area contributed by atoms with E-state index in [2.05, 4.69) is 21.6 Å². The normalized spacial score (nSPS) is 19.7. The van der Waals surface area contributed by atoms with Gasteiger partial charge in [0.25, 0.3) is 0 Å². The standard InChI is InChI=1S/C6H3Cl2N3.W/c1-4-5(9-2-7)6(8)11-3-10-4;/h3H,1H2;. The summed E-state index contributed by atoms with van der Waals surface area (Å²) in [5.74, 6) is 0. The van der Waals surface area contributed by atoms with Crippen molar-refractivity contribution >= 4 is 43.9 Å². The first-order valence-corrected chi connectivity index (χ1v) is 5.07. The minimum atomic E-state index is 0.273. The van der Waals surface area contributed by atoms with Gasteiger partial charge < -0.3 is 0 Å². The van der Waals surface area contributed by atoms with Crippen LogP contribution in [0.15, 0.2) is 27.3 Å². The molecule has 0 spiro atoms. The fourth-order valence-corrected chi connectivity index (χ4v) is 1.20. The van der Waals surface area contributed by atoms with Crippen molar-refractivity contribution in [3.63, 3.8) is 0 Å². The molecule has 3 nitrogen and oxygen atoms in total. The summed E-state index contributed by atoms with van der Waals surface area (Å²) in [6.07, 6.45) is 1.33. The van der Waals surface area contributed by atoms with Crippen LogP contribution in [0, 0.1) is 0 Å². The molecule has 0 amide bonds. The zero-order chi connectivity index (χ0) is 9.14. The molecule has 1 aliphatic rings. The Bertz CT molecular complexity index is 330. The summed E-state index contributed by atoms with van der Waals surface area (Å²) in [5.41, 5.74) is 0.925. The fourth-order valence-electron chi connectivity index (χ4n) is 0.589. The zero-order valence-electron chi connectivity index (χ0n) is 5.79. The van der Waals surface area contributed by atoms with Gasteiger partial charge in [0.15, 0.2) is 0 Å². The first-order chi connectivity index (χ1) is 5.61. The van der Waals surface area contributed by atoms with E-state index in [1.807, 2.05) is 0 Å². The predicted molar refractivity (Wildman–Crippen MR) is 49.2 cm³/mol. The van der Waals surface area contributed by atoms with Crippen molar-refractivity contribution in [2.24, 2.45) is 15.0 Å². The summed E-state index contributed by atoms with van der Waals surface area (Å²) in [7, 11) is 0. The van der Waals surface area contributed by atoms with Gasteiger partial charge in [0.2, 0.25) is 0 Å². The Kier molecular flexibility index (Phi) is 3.50. The Hall–Kier alpha value is -0.112. The molecule has 0 saturated carbocycles. The zero-order valence-corrected chi connectivity index (χ0v) is 10.2. The Labute approximate surface area is 90.3 Å². The quantitative estimate of drug-likeness (QED) is 0.626. The molecule has 0 fully saturated rings. The van der Waals surface area contributed by atoms with Crippen molar-refractivity contribution in [2.75, 3.05) is 0 Å². The van der Waals surface area contributed by atoms with E-state index in [-0.39, 0.29) is 5.17 Å². The molecule has 6 heteroatoms. The number of aliphatic imine (C=N–C) groups is 3.